The summed E-state index contributed by atoms with van der Waals surface area (Å²) in [5.74, 6) is 1.17. The Labute approximate surface area is 227 Å². The summed E-state index contributed by atoms with van der Waals surface area (Å²) in [6, 6.07) is 21.8. The van der Waals surface area contributed by atoms with Gasteiger partial charge in [-0.05, 0) is 56.2 Å². The Balaban J connectivity index is 1.50. The van der Waals surface area contributed by atoms with Crippen LogP contribution in [-0.4, -0.2) is 38.7 Å². The van der Waals surface area contributed by atoms with Gasteiger partial charge in [0.25, 0.3) is 5.91 Å². The van der Waals surface area contributed by atoms with E-state index < -0.39 is 6.04 Å². The lowest BCUT2D eigenvalue weighted by Gasteiger charge is -2.29. The van der Waals surface area contributed by atoms with Crippen molar-refractivity contribution in [2.45, 2.75) is 37.7 Å². The maximum Gasteiger partial charge on any atom is 0.255 e. The van der Waals surface area contributed by atoms with E-state index in [-0.39, 0.29) is 5.91 Å². The first-order chi connectivity index (χ1) is 18.6. The lowest BCUT2D eigenvalue weighted by molar-refractivity contribution is -0.113. The lowest BCUT2D eigenvalue weighted by atomic mass is 9.94. The zero-order valence-corrected chi connectivity index (χ0v) is 22.6. The number of thioether (sulfide) groups is 1. The molecule has 9 heteroatoms. The Morgan fingerprint density at radius 1 is 1.05 bits per heavy atom. The predicted octanol–water partition coefficient (Wildman–Crippen LogP) is 5.74. The van der Waals surface area contributed by atoms with Crippen LogP contribution < -0.4 is 15.5 Å². The van der Waals surface area contributed by atoms with Crippen LogP contribution in [0.3, 0.4) is 0 Å². The van der Waals surface area contributed by atoms with Crippen LogP contribution in [0.2, 0.25) is 0 Å². The van der Waals surface area contributed by atoms with E-state index in [0.717, 1.165) is 35.8 Å². The summed E-state index contributed by atoms with van der Waals surface area (Å²) in [6.45, 7) is 8.05. The Morgan fingerprint density at radius 3 is 2.50 bits per heavy atom. The number of benzene rings is 2. The smallest absolute Gasteiger partial charge is 0.255 e. The molecule has 0 saturated carbocycles. The highest BCUT2D eigenvalue weighted by Crippen LogP contribution is 2.37. The van der Waals surface area contributed by atoms with Crippen molar-refractivity contribution in [1.82, 2.24) is 19.7 Å². The molecule has 1 aliphatic rings. The number of amides is 1. The van der Waals surface area contributed by atoms with E-state index in [4.69, 9.17) is 10.1 Å². The molecule has 0 saturated heterocycles. The lowest BCUT2D eigenvalue weighted by Crippen LogP contribution is -2.31. The van der Waals surface area contributed by atoms with Gasteiger partial charge in [-0.2, -0.15) is 4.98 Å². The van der Waals surface area contributed by atoms with Crippen LogP contribution in [0.4, 0.5) is 17.3 Å². The fourth-order valence-electron chi connectivity index (χ4n) is 4.61. The molecule has 1 aliphatic heterocycles. The van der Waals surface area contributed by atoms with Crippen molar-refractivity contribution < 1.29 is 4.79 Å². The summed E-state index contributed by atoms with van der Waals surface area (Å²) in [7, 11) is 0. The van der Waals surface area contributed by atoms with Gasteiger partial charge < -0.3 is 15.5 Å². The van der Waals surface area contributed by atoms with Gasteiger partial charge in [-0.3, -0.25) is 9.78 Å². The van der Waals surface area contributed by atoms with E-state index in [0.29, 0.717) is 22.4 Å². The van der Waals surface area contributed by atoms with E-state index in [2.05, 4.69) is 70.8 Å². The average molecular weight is 526 g/mol. The van der Waals surface area contributed by atoms with Crippen molar-refractivity contribution in [3.05, 3.63) is 102 Å². The summed E-state index contributed by atoms with van der Waals surface area (Å²) >= 11 is 1.57. The molecule has 0 fully saturated rings. The van der Waals surface area contributed by atoms with Crippen LogP contribution in [0.25, 0.3) is 0 Å². The largest absolute Gasteiger partial charge is 0.372 e. The van der Waals surface area contributed by atoms with Crippen LogP contribution in [0.15, 0.2) is 95.6 Å². The number of allylic oxidation sites excluding steroid dienone is 1. The molecule has 0 radical (unpaired) electrons. The first-order valence-corrected chi connectivity index (χ1v) is 13.7. The van der Waals surface area contributed by atoms with E-state index >= 15 is 0 Å². The summed E-state index contributed by atoms with van der Waals surface area (Å²) in [5.41, 5.74) is 5.27. The number of rotatable bonds is 9. The van der Waals surface area contributed by atoms with Gasteiger partial charge in [-0.15, -0.1) is 5.10 Å². The second-order valence-electron chi connectivity index (χ2n) is 8.96. The van der Waals surface area contributed by atoms with E-state index in [1.54, 1.807) is 30.2 Å². The van der Waals surface area contributed by atoms with Crippen molar-refractivity contribution in [2.24, 2.45) is 0 Å². The molecule has 194 valence electrons. The number of anilines is 3. The number of nitrogens with one attached hydrogen (secondary N) is 2. The summed E-state index contributed by atoms with van der Waals surface area (Å²) in [6.07, 6.45) is 3.32. The van der Waals surface area contributed by atoms with Gasteiger partial charge in [0, 0.05) is 36.4 Å². The normalized spacial score (nSPS) is 14.6. The third kappa shape index (κ3) is 5.43. The molecule has 0 aliphatic carbocycles. The number of hydrogen-bond acceptors (Lipinski definition) is 7. The quantitative estimate of drug-likeness (QED) is 0.270. The third-order valence-electron chi connectivity index (χ3n) is 6.55. The van der Waals surface area contributed by atoms with Crippen LogP contribution >= 0.6 is 11.8 Å². The summed E-state index contributed by atoms with van der Waals surface area (Å²) in [5, 5.41) is 11.8. The Bertz CT molecular complexity index is 1410. The standard InChI is InChI=1S/C29H31N7OS/c1-4-35(5-2)24-15-13-22(14-16-24)26-25(27(37)32-23-12-9-17-30-18-23)20(3)31-28-33-29(34-36(26)28)38-19-21-10-7-6-8-11-21/h6-18,26H,4-5,19H2,1-3H3,(H,32,37)(H,31,33,34)/t26-/m1/s1. The van der Waals surface area contributed by atoms with Crippen molar-refractivity contribution in [1.29, 1.82) is 0 Å². The highest BCUT2D eigenvalue weighted by Gasteiger charge is 2.34. The minimum absolute atomic E-state index is 0.208. The van der Waals surface area contributed by atoms with Crippen LogP contribution in [0.1, 0.15) is 37.9 Å². The fraction of sp³-hybridized carbons (Fsp3) is 0.241. The average Bonchev–Trinajstić information content (AvgIpc) is 3.35. The predicted molar refractivity (Wildman–Crippen MR) is 153 cm³/mol. The van der Waals surface area contributed by atoms with Gasteiger partial charge in [0.15, 0.2) is 0 Å². The summed E-state index contributed by atoms with van der Waals surface area (Å²) in [4.78, 5) is 24.8. The molecular formula is C29H31N7OS. The highest BCUT2D eigenvalue weighted by atomic mass is 32.2. The molecule has 3 heterocycles. The monoisotopic (exact) mass is 525 g/mol. The number of pyridine rings is 1. The van der Waals surface area contributed by atoms with Crippen LogP contribution in [0.5, 0.6) is 0 Å². The SMILES string of the molecule is CCN(CC)c1ccc([C@@H]2C(C(=O)Nc3cccnc3)=C(C)Nc3nc(SCc4ccccc4)nn32)cc1. The maximum absolute atomic E-state index is 13.6. The van der Waals surface area contributed by atoms with E-state index in [1.165, 1.54) is 5.56 Å². The first kappa shape index (κ1) is 25.5. The Kier molecular flexibility index (Phi) is 7.74. The molecular weight excluding hydrogens is 494 g/mol. The third-order valence-corrected chi connectivity index (χ3v) is 7.45. The van der Waals surface area contributed by atoms with E-state index in [1.807, 2.05) is 35.9 Å². The topological polar surface area (TPSA) is 88.0 Å². The second kappa shape index (κ2) is 11.5. The number of fused-ring (bicyclic) bond motifs is 1. The molecule has 0 spiro atoms. The van der Waals surface area contributed by atoms with E-state index in [9.17, 15) is 4.79 Å². The molecule has 4 aromatic rings. The highest BCUT2D eigenvalue weighted by molar-refractivity contribution is 7.98. The number of carbonyl (C=O) groups is 1. The molecule has 2 aromatic heterocycles. The first-order valence-electron chi connectivity index (χ1n) is 12.7. The minimum Gasteiger partial charge on any atom is -0.372 e. The Morgan fingerprint density at radius 2 is 1.82 bits per heavy atom. The van der Waals surface area contributed by atoms with Crippen LogP contribution in [-0.2, 0) is 10.5 Å². The van der Waals surface area contributed by atoms with Gasteiger partial charge in [-0.1, -0.05) is 54.2 Å². The molecule has 0 unspecified atom stereocenters. The molecule has 1 amide bonds. The number of aromatic nitrogens is 4. The number of carbonyl (C=O) groups excluding carboxylic acids is 1. The van der Waals surface area contributed by atoms with Gasteiger partial charge in [0.1, 0.15) is 6.04 Å². The maximum atomic E-state index is 13.6. The molecule has 2 aromatic carbocycles. The van der Waals surface area contributed by atoms with Crippen LogP contribution in [0, 0.1) is 0 Å². The zero-order valence-electron chi connectivity index (χ0n) is 21.8. The fourth-order valence-corrected chi connectivity index (χ4v) is 5.39. The van der Waals surface area contributed by atoms with Crippen molar-refractivity contribution >= 4 is 35.0 Å². The van der Waals surface area contributed by atoms with Gasteiger partial charge in [-0.25, -0.2) is 4.68 Å². The number of hydrogen-bond donors (Lipinski definition) is 2. The zero-order chi connectivity index (χ0) is 26.5. The van der Waals surface area contributed by atoms with Crippen molar-refractivity contribution in [3.63, 3.8) is 0 Å². The molecule has 1 atom stereocenters. The van der Waals surface area contributed by atoms with Gasteiger partial charge in [0.05, 0.1) is 17.5 Å². The molecule has 38 heavy (non-hydrogen) atoms. The molecule has 5 rings (SSSR count). The molecule has 8 nitrogen and oxygen atoms in total. The summed E-state index contributed by atoms with van der Waals surface area (Å²) < 4.78 is 1.82. The minimum atomic E-state index is -0.438. The van der Waals surface area contributed by atoms with Gasteiger partial charge in [0.2, 0.25) is 11.1 Å². The van der Waals surface area contributed by atoms with Gasteiger partial charge >= 0.3 is 0 Å². The second-order valence-corrected chi connectivity index (χ2v) is 9.91. The molecule has 0 bridgehead atoms. The van der Waals surface area contributed by atoms with Crippen molar-refractivity contribution in [3.8, 4) is 0 Å². The van der Waals surface area contributed by atoms with Crippen molar-refractivity contribution in [2.75, 3.05) is 28.6 Å². The Hall–Kier alpha value is -4.11. The molecule has 2 N–H and O–H groups in total. The number of nitrogens with zero attached hydrogens (tertiary/aromatic N) is 5.